The topological polar surface area (TPSA) is 101 Å². The lowest BCUT2D eigenvalue weighted by Gasteiger charge is -2.33. The molecule has 2 aliphatic rings. The summed E-state index contributed by atoms with van der Waals surface area (Å²) in [4.78, 5) is 14.0. The molecule has 236 valence electrons. The molecule has 0 bridgehead atoms. The van der Waals surface area contributed by atoms with E-state index in [1.165, 1.54) is 0 Å². The first-order chi connectivity index (χ1) is 22.4. The zero-order valence-electron chi connectivity index (χ0n) is 25.6. The minimum Gasteiger partial charge on any atom is -0.487 e. The van der Waals surface area contributed by atoms with Gasteiger partial charge in [0.2, 0.25) is 0 Å². The second-order valence-corrected chi connectivity index (χ2v) is 11.9. The van der Waals surface area contributed by atoms with Gasteiger partial charge in [-0.05, 0) is 84.5 Å². The summed E-state index contributed by atoms with van der Waals surface area (Å²) < 4.78 is 24.1. The Morgan fingerprint density at radius 2 is 1.80 bits per heavy atom. The summed E-state index contributed by atoms with van der Waals surface area (Å²) in [5.41, 5.74) is 6.30. The van der Waals surface area contributed by atoms with Crippen LogP contribution in [0.2, 0.25) is 5.02 Å². The predicted octanol–water partition coefficient (Wildman–Crippen LogP) is 7.56. The Kier molecular flexibility index (Phi) is 9.62. The van der Waals surface area contributed by atoms with Crippen molar-refractivity contribution in [1.29, 1.82) is 5.26 Å². The van der Waals surface area contributed by atoms with Crippen LogP contribution in [0.3, 0.4) is 0 Å². The molecule has 4 aromatic rings. The molecule has 0 aromatic heterocycles. The van der Waals surface area contributed by atoms with Crippen molar-refractivity contribution in [2.75, 3.05) is 19.8 Å². The number of rotatable bonds is 10. The number of nitriles is 1. The molecule has 1 unspecified atom stereocenters. The SMILES string of the molecule is Cc1c(COc2ccc(CN3CCCCC3C(=O)O)c(OCc3cccc(C#N)c3)c2Cl)cccc1-c1ccc2c(c1)OCCO2. The average Bonchev–Trinajstić information content (AvgIpc) is 3.08. The number of aliphatic carboxylic acids is 1. The number of fused-ring (bicyclic) bond motifs is 1. The van der Waals surface area contributed by atoms with Crippen LogP contribution >= 0.6 is 11.6 Å². The Labute approximate surface area is 273 Å². The summed E-state index contributed by atoms with van der Waals surface area (Å²) in [5.74, 6) is 1.57. The smallest absolute Gasteiger partial charge is 0.320 e. The zero-order valence-corrected chi connectivity index (χ0v) is 26.4. The van der Waals surface area contributed by atoms with Gasteiger partial charge in [-0.15, -0.1) is 0 Å². The van der Waals surface area contributed by atoms with Crippen molar-refractivity contribution in [3.63, 3.8) is 0 Å². The maximum absolute atomic E-state index is 12.0. The molecule has 1 atom stereocenters. The number of likely N-dealkylation sites (tertiary alicyclic amines) is 1. The largest absolute Gasteiger partial charge is 0.487 e. The van der Waals surface area contributed by atoms with E-state index in [9.17, 15) is 15.2 Å². The molecule has 2 heterocycles. The van der Waals surface area contributed by atoms with Gasteiger partial charge in [0.1, 0.15) is 49.0 Å². The number of hydrogen-bond donors (Lipinski definition) is 1. The Morgan fingerprint density at radius 3 is 2.63 bits per heavy atom. The molecule has 0 saturated carbocycles. The third-order valence-electron chi connectivity index (χ3n) is 8.54. The molecule has 4 aromatic carbocycles. The summed E-state index contributed by atoms with van der Waals surface area (Å²) in [6, 6.07) is 24.6. The Balaban J connectivity index is 1.25. The first-order valence-electron chi connectivity index (χ1n) is 15.4. The van der Waals surface area contributed by atoms with Crippen LogP contribution in [-0.2, 0) is 24.6 Å². The number of carboxylic acids is 1. The van der Waals surface area contributed by atoms with E-state index in [4.69, 9.17) is 30.5 Å². The van der Waals surface area contributed by atoms with Gasteiger partial charge in [-0.3, -0.25) is 9.69 Å². The molecule has 1 fully saturated rings. The van der Waals surface area contributed by atoms with Crippen molar-refractivity contribution < 1.29 is 28.8 Å². The summed E-state index contributed by atoms with van der Waals surface area (Å²) in [5, 5.41) is 19.5. The van der Waals surface area contributed by atoms with E-state index in [1.807, 2.05) is 59.5 Å². The lowest BCUT2D eigenvalue weighted by Crippen LogP contribution is -2.44. The molecule has 2 aliphatic heterocycles. The zero-order chi connectivity index (χ0) is 32.0. The van der Waals surface area contributed by atoms with E-state index in [-0.39, 0.29) is 13.2 Å². The molecule has 1 N–H and O–H groups in total. The van der Waals surface area contributed by atoms with E-state index in [0.29, 0.717) is 54.8 Å². The molecule has 0 amide bonds. The molecule has 46 heavy (non-hydrogen) atoms. The minimum absolute atomic E-state index is 0.185. The number of piperidine rings is 1. The van der Waals surface area contributed by atoms with Crippen molar-refractivity contribution in [2.45, 2.75) is 52.0 Å². The van der Waals surface area contributed by atoms with Gasteiger partial charge in [0.05, 0.1) is 11.6 Å². The van der Waals surface area contributed by atoms with Gasteiger partial charge in [-0.2, -0.15) is 5.26 Å². The molecule has 0 aliphatic carbocycles. The van der Waals surface area contributed by atoms with Crippen LogP contribution in [0.1, 0.15) is 47.1 Å². The highest BCUT2D eigenvalue weighted by atomic mass is 35.5. The van der Waals surface area contributed by atoms with Crippen LogP contribution in [0.25, 0.3) is 11.1 Å². The van der Waals surface area contributed by atoms with Gasteiger partial charge in [0.15, 0.2) is 11.5 Å². The molecule has 0 spiro atoms. The molecule has 8 nitrogen and oxygen atoms in total. The minimum atomic E-state index is -0.824. The molecular weight excluding hydrogens is 604 g/mol. The fourth-order valence-corrected chi connectivity index (χ4v) is 6.35. The quantitative estimate of drug-likeness (QED) is 0.190. The van der Waals surface area contributed by atoms with Crippen molar-refractivity contribution >= 4 is 17.6 Å². The van der Waals surface area contributed by atoms with Gasteiger partial charge in [-0.1, -0.05) is 60.5 Å². The monoisotopic (exact) mass is 638 g/mol. The van der Waals surface area contributed by atoms with Gasteiger partial charge < -0.3 is 24.1 Å². The van der Waals surface area contributed by atoms with E-state index in [1.54, 1.807) is 12.1 Å². The number of carbonyl (C=O) groups is 1. The molecule has 1 saturated heterocycles. The number of carboxylic acid groups (broad SMARTS) is 1. The van der Waals surface area contributed by atoms with Crippen molar-refractivity contribution in [3.8, 4) is 40.2 Å². The van der Waals surface area contributed by atoms with Crippen molar-refractivity contribution in [3.05, 3.63) is 106 Å². The highest BCUT2D eigenvalue weighted by molar-refractivity contribution is 6.33. The van der Waals surface area contributed by atoms with Crippen LogP contribution in [0.4, 0.5) is 0 Å². The highest BCUT2D eigenvalue weighted by Crippen LogP contribution is 2.40. The van der Waals surface area contributed by atoms with Crippen LogP contribution in [0, 0.1) is 18.3 Å². The summed E-state index contributed by atoms with van der Waals surface area (Å²) in [6.07, 6.45) is 2.42. The predicted molar refractivity (Wildman–Crippen MR) is 175 cm³/mol. The van der Waals surface area contributed by atoms with Crippen LogP contribution in [0.15, 0.2) is 72.8 Å². The Morgan fingerprint density at radius 1 is 0.978 bits per heavy atom. The second-order valence-electron chi connectivity index (χ2n) is 11.5. The van der Waals surface area contributed by atoms with Crippen LogP contribution in [0.5, 0.6) is 23.0 Å². The van der Waals surface area contributed by atoms with E-state index in [2.05, 4.69) is 19.1 Å². The first-order valence-corrected chi connectivity index (χ1v) is 15.8. The second kappa shape index (κ2) is 14.2. The first kappa shape index (κ1) is 31.3. The maximum Gasteiger partial charge on any atom is 0.320 e. The van der Waals surface area contributed by atoms with Gasteiger partial charge in [0, 0.05) is 12.1 Å². The average molecular weight is 639 g/mol. The van der Waals surface area contributed by atoms with E-state index < -0.39 is 12.0 Å². The normalized spacial score (nSPS) is 16.0. The van der Waals surface area contributed by atoms with Gasteiger partial charge >= 0.3 is 5.97 Å². The Hall–Kier alpha value is -4.71. The molecular formula is C37H35ClN2O6. The number of hydrogen-bond acceptors (Lipinski definition) is 7. The number of ether oxygens (including phenoxy) is 4. The van der Waals surface area contributed by atoms with Crippen LogP contribution < -0.4 is 18.9 Å². The Bertz CT molecular complexity index is 1780. The lowest BCUT2D eigenvalue weighted by molar-refractivity contribution is -0.144. The maximum atomic E-state index is 12.0. The molecule has 6 rings (SSSR count). The number of halogens is 1. The van der Waals surface area contributed by atoms with E-state index in [0.717, 1.165) is 57.7 Å². The van der Waals surface area contributed by atoms with E-state index >= 15 is 0 Å². The summed E-state index contributed by atoms with van der Waals surface area (Å²) in [7, 11) is 0. The lowest BCUT2D eigenvalue weighted by atomic mass is 9.96. The van der Waals surface area contributed by atoms with Crippen LogP contribution in [-0.4, -0.2) is 41.8 Å². The van der Waals surface area contributed by atoms with Gasteiger partial charge in [-0.25, -0.2) is 0 Å². The summed E-state index contributed by atoms with van der Waals surface area (Å²) in [6.45, 7) is 4.65. The standard InChI is InChI=1S/C37H35ClN2O6/c1-24-29(8-5-9-30(24)27-11-13-32-34(19-27)44-17-16-43-32)23-45-33-14-12-28(21-40-15-3-2-10-31(40)37(41)42)36(35(33)38)46-22-26-7-4-6-25(18-26)20-39/h4-9,11-14,18-19,31H,2-3,10,15-17,21-23H2,1H3,(H,41,42). The fourth-order valence-electron chi connectivity index (χ4n) is 6.05. The fraction of sp³-hybridized carbons (Fsp3) is 0.297. The van der Waals surface area contributed by atoms with Crippen molar-refractivity contribution in [1.82, 2.24) is 4.90 Å². The van der Waals surface area contributed by atoms with Gasteiger partial charge in [0.25, 0.3) is 0 Å². The molecule has 9 heteroatoms. The third kappa shape index (κ3) is 6.91. The summed E-state index contributed by atoms with van der Waals surface area (Å²) >= 11 is 6.99. The number of nitrogens with zero attached hydrogens (tertiary/aromatic N) is 2. The molecule has 0 radical (unpaired) electrons. The number of benzene rings is 4. The van der Waals surface area contributed by atoms with Crippen molar-refractivity contribution in [2.24, 2.45) is 0 Å². The highest BCUT2D eigenvalue weighted by Gasteiger charge is 2.29. The third-order valence-corrected chi connectivity index (χ3v) is 8.89.